The molecule has 110 valence electrons. The van der Waals surface area contributed by atoms with Gasteiger partial charge in [0.25, 0.3) is 0 Å². The van der Waals surface area contributed by atoms with Crippen LogP contribution in [0.1, 0.15) is 24.2 Å². The summed E-state index contributed by atoms with van der Waals surface area (Å²) in [5.74, 6) is 0.287. The first kappa shape index (κ1) is 15.5. The van der Waals surface area contributed by atoms with Crippen LogP contribution in [-0.2, 0) is 0 Å². The van der Waals surface area contributed by atoms with Crippen molar-refractivity contribution in [2.45, 2.75) is 19.1 Å². The molecule has 0 amide bonds. The molecule has 0 heterocycles. The number of phenols is 2. The third-order valence-corrected chi connectivity index (χ3v) is 3.62. The highest BCUT2D eigenvalue weighted by Crippen LogP contribution is 2.23. The maximum Gasteiger partial charge on any atom is 0.124 e. The summed E-state index contributed by atoms with van der Waals surface area (Å²) in [4.78, 5) is 4.28. The molecule has 4 nitrogen and oxygen atoms in total. The van der Waals surface area contributed by atoms with E-state index in [1.807, 2.05) is 0 Å². The lowest BCUT2D eigenvalue weighted by Crippen LogP contribution is -2.12. The Balaban J connectivity index is 2.13. The van der Waals surface area contributed by atoms with E-state index in [0.29, 0.717) is 11.1 Å². The zero-order valence-corrected chi connectivity index (χ0v) is 13.0. The second kappa shape index (κ2) is 6.74. The van der Waals surface area contributed by atoms with E-state index in [1.165, 1.54) is 18.3 Å². The highest BCUT2D eigenvalue weighted by atomic mass is 79.9. The van der Waals surface area contributed by atoms with Gasteiger partial charge in [0.1, 0.15) is 17.6 Å². The predicted molar refractivity (Wildman–Crippen MR) is 85.9 cm³/mol. The van der Waals surface area contributed by atoms with E-state index in [9.17, 15) is 15.3 Å². The quantitative estimate of drug-likeness (QED) is 0.740. The Hall–Kier alpha value is -1.85. The third kappa shape index (κ3) is 4.06. The first-order valence-electron chi connectivity index (χ1n) is 6.46. The van der Waals surface area contributed by atoms with Gasteiger partial charge in [0.2, 0.25) is 0 Å². The van der Waals surface area contributed by atoms with Gasteiger partial charge in [-0.25, -0.2) is 0 Å². The molecule has 0 aliphatic carbocycles. The highest BCUT2D eigenvalue weighted by molar-refractivity contribution is 9.10. The number of hydrogen-bond donors (Lipinski definition) is 3. The fourth-order valence-corrected chi connectivity index (χ4v) is 2.24. The fourth-order valence-electron chi connectivity index (χ4n) is 1.86. The average Bonchev–Trinajstić information content (AvgIpc) is 2.48. The molecule has 2 aromatic rings. The molecular weight excluding hydrogens is 334 g/mol. The fraction of sp³-hybridized carbons (Fsp3) is 0.188. The van der Waals surface area contributed by atoms with Crippen LogP contribution in [0.25, 0.3) is 0 Å². The van der Waals surface area contributed by atoms with Gasteiger partial charge in [0.15, 0.2) is 0 Å². The summed E-state index contributed by atoms with van der Waals surface area (Å²) in [5.41, 5.74) is 1.25. The lowest BCUT2D eigenvalue weighted by molar-refractivity contribution is 0.154. The molecule has 2 rings (SSSR count). The molecule has 5 heteroatoms. The van der Waals surface area contributed by atoms with E-state index in [0.717, 1.165) is 4.47 Å². The van der Waals surface area contributed by atoms with Gasteiger partial charge in [-0.1, -0.05) is 28.1 Å². The molecule has 2 aromatic carbocycles. The zero-order valence-electron chi connectivity index (χ0n) is 11.4. The SMILES string of the molecule is C[C@H](N=Cc1cc(Br)ccc1O)[C@H](O)c1ccc(O)cc1. The van der Waals surface area contributed by atoms with Crippen molar-refractivity contribution < 1.29 is 15.3 Å². The summed E-state index contributed by atoms with van der Waals surface area (Å²) >= 11 is 3.33. The van der Waals surface area contributed by atoms with Gasteiger partial charge in [-0.05, 0) is 42.8 Å². The molecular formula is C16H16BrNO3. The van der Waals surface area contributed by atoms with Crippen LogP contribution in [0.15, 0.2) is 51.9 Å². The van der Waals surface area contributed by atoms with Crippen molar-refractivity contribution in [3.63, 3.8) is 0 Å². The van der Waals surface area contributed by atoms with Crippen LogP contribution in [0, 0.1) is 0 Å². The largest absolute Gasteiger partial charge is 0.508 e. The Morgan fingerprint density at radius 3 is 2.43 bits per heavy atom. The summed E-state index contributed by atoms with van der Waals surface area (Å²) in [7, 11) is 0. The molecule has 2 atom stereocenters. The van der Waals surface area contributed by atoms with Gasteiger partial charge in [0, 0.05) is 16.3 Å². The van der Waals surface area contributed by atoms with E-state index >= 15 is 0 Å². The molecule has 0 saturated heterocycles. The maximum atomic E-state index is 10.2. The molecule has 0 aromatic heterocycles. The molecule has 0 bridgehead atoms. The van der Waals surface area contributed by atoms with Crippen molar-refractivity contribution in [3.05, 3.63) is 58.1 Å². The summed E-state index contributed by atoms with van der Waals surface area (Å²) in [6.07, 6.45) is 0.755. The number of rotatable bonds is 4. The summed E-state index contributed by atoms with van der Waals surface area (Å²) in [6.45, 7) is 1.78. The van der Waals surface area contributed by atoms with Crippen LogP contribution >= 0.6 is 15.9 Å². The van der Waals surface area contributed by atoms with Crippen LogP contribution in [0.2, 0.25) is 0 Å². The van der Waals surface area contributed by atoms with E-state index in [2.05, 4.69) is 20.9 Å². The van der Waals surface area contributed by atoms with Crippen molar-refractivity contribution in [2.75, 3.05) is 0 Å². The maximum absolute atomic E-state index is 10.2. The number of hydrogen-bond acceptors (Lipinski definition) is 4. The number of aromatic hydroxyl groups is 2. The average molecular weight is 350 g/mol. The normalized spacial score (nSPS) is 14.2. The van der Waals surface area contributed by atoms with Crippen molar-refractivity contribution in [1.82, 2.24) is 0 Å². The number of halogens is 1. The van der Waals surface area contributed by atoms with Crippen molar-refractivity contribution in [3.8, 4) is 11.5 Å². The Labute approximate surface area is 131 Å². The topological polar surface area (TPSA) is 73.1 Å². The van der Waals surface area contributed by atoms with Gasteiger partial charge >= 0.3 is 0 Å². The number of aliphatic hydroxyl groups is 1. The molecule has 0 saturated carbocycles. The lowest BCUT2D eigenvalue weighted by Gasteiger charge is -2.15. The van der Waals surface area contributed by atoms with Crippen LogP contribution < -0.4 is 0 Å². The van der Waals surface area contributed by atoms with Gasteiger partial charge < -0.3 is 15.3 Å². The highest BCUT2D eigenvalue weighted by Gasteiger charge is 2.15. The smallest absolute Gasteiger partial charge is 0.124 e. The van der Waals surface area contributed by atoms with Crippen LogP contribution in [-0.4, -0.2) is 27.6 Å². The minimum absolute atomic E-state index is 0.133. The molecule has 0 aliphatic heterocycles. The van der Waals surface area contributed by atoms with Crippen molar-refractivity contribution in [1.29, 1.82) is 0 Å². The van der Waals surface area contributed by atoms with Crippen LogP contribution in [0.5, 0.6) is 11.5 Å². The van der Waals surface area contributed by atoms with Crippen LogP contribution in [0.3, 0.4) is 0 Å². The number of nitrogens with zero attached hydrogens (tertiary/aromatic N) is 1. The van der Waals surface area contributed by atoms with Gasteiger partial charge in [-0.2, -0.15) is 0 Å². The second-order valence-corrected chi connectivity index (χ2v) is 5.67. The molecule has 3 N–H and O–H groups in total. The number of aliphatic hydroxyl groups excluding tert-OH is 1. The third-order valence-electron chi connectivity index (χ3n) is 3.13. The monoisotopic (exact) mass is 349 g/mol. The molecule has 0 radical (unpaired) electrons. The van der Waals surface area contributed by atoms with E-state index < -0.39 is 6.10 Å². The number of aliphatic imine (C=N–C) groups is 1. The van der Waals surface area contributed by atoms with E-state index in [4.69, 9.17) is 0 Å². The first-order valence-corrected chi connectivity index (χ1v) is 7.25. The minimum Gasteiger partial charge on any atom is -0.508 e. The summed E-state index contributed by atoms with van der Waals surface area (Å²) < 4.78 is 0.841. The Kier molecular flexibility index (Phi) is 4.98. The molecule has 0 spiro atoms. The molecule has 0 aliphatic rings. The zero-order chi connectivity index (χ0) is 15.4. The standard InChI is InChI=1S/C16H16BrNO3/c1-10(16(21)11-2-5-14(19)6-3-11)18-9-12-8-13(17)4-7-15(12)20/h2-10,16,19-21H,1H3/t10-,16-/m0/s1. The Morgan fingerprint density at radius 1 is 1.10 bits per heavy atom. The summed E-state index contributed by atoms with van der Waals surface area (Å²) in [6, 6.07) is 11.0. The number of phenolic OH excluding ortho intramolecular Hbond substituents is 2. The Morgan fingerprint density at radius 2 is 1.76 bits per heavy atom. The van der Waals surface area contributed by atoms with E-state index in [1.54, 1.807) is 37.3 Å². The second-order valence-electron chi connectivity index (χ2n) is 4.76. The Bertz CT molecular complexity index is 640. The lowest BCUT2D eigenvalue weighted by atomic mass is 10.0. The van der Waals surface area contributed by atoms with Gasteiger partial charge in [0.05, 0.1) is 6.04 Å². The van der Waals surface area contributed by atoms with Gasteiger partial charge in [-0.15, -0.1) is 0 Å². The molecule has 21 heavy (non-hydrogen) atoms. The predicted octanol–water partition coefficient (Wildman–Crippen LogP) is 3.40. The molecule has 0 fully saturated rings. The van der Waals surface area contributed by atoms with Crippen molar-refractivity contribution >= 4 is 22.1 Å². The van der Waals surface area contributed by atoms with E-state index in [-0.39, 0.29) is 17.5 Å². The van der Waals surface area contributed by atoms with Crippen LogP contribution in [0.4, 0.5) is 0 Å². The molecule has 0 unspecified atom stereocenters. The summed E-state index contributed by atoms with van der Waals surface area (Å²) in [5, 5.41) is 29.2. The van der Waals surface area contributed by atoms with Crippen molar-refractivity contribution in [2.24, 2.45) is 4.99 Å². The van der Waals surface area contributed by atoms with Gasteiger partial charge in [-0.3, -0.25) is 4.99 Å². The first-order chi connectivity index (χ1) is 9.97. The number of benzene rings is 2. The minimum atomic E-state index is -0.781.